The minimum atomic E-state index is -1.21. The highest BCUT2D eigenvalue weighted by Gasteiger charge is 2.41. The average molecular weight is 846 g/mol. The summed E-state index contributed by atoms with van der Waals surface area (Å²) in [6.07, 6.45) is 5.51. The normalized spacial score (nSPS) is 20.8. The van der Waals surface area contributed by atoms with E-state index in [1.54, 1.807) is 16.0 Å². The van der Waals surface area contributed by atoms with Gasteiger partial charge in [-0.15, -0.1) is 0 Å². The first-order valence-corrected chi connectivity index (χ1v) is 20.2. The van der Waals surface area contributed by atoms with Crippen molar-refractivity contribution in [3.05, 3.63) is 71.8 Å². The Kier molecular flexibility index (Phi) is 14.6. The number of carboxylic acids is 6. The van der Waals surface area contributed by atoms with Gasteiger partial charge in [-0.05, 0) is 67.2 Å². The van der Waals surface area contributed by atoms with E-state index in [1.807, 2.05) is 48.5 Å². The highest BCUT2D eigenvalue weighted by atomic mass is 16.4. The van der Waals surface area contributed by atoms with Gasteiger partial charge in [0.1, 0.15) is 5.82 Å². The first-order chi connectivity index (χ1) is 29.1. The molecule has 0 aliphatic heterocycles. The Balaban J connectivity index is 1.29. The van der Waals surface area contributed by atoms with Crippen LogP contribution in [0, 0.1) is 0 Å². The number of H-pyrrole nitrogens is 1. The molecule has 326 valence electrons. The molecular weight excluding hydrogens is 794 g/mol. The van der Waals surface area contributed by atoms with Crippen LogP contribution in [0.2, 0.25) is 0 Å². The molecule has 2 aromatic heterocycles. The van der Waals surface area contributed by atoms with Crippen molar-refractivity contribution in [2.75, 3.05) is 39.3 Å². The van der Waals surface area contributed by atoms with E-state index in [0.717, 1.165) is 29.2 Å². The molecule has 2 fully saturated rings. The van der Waals surface area contributed by atoms with E-state index in [1.165, 1.54) is 9.80 Å². The van der Waals surface area contributed by atoms with Crippen LogP contribution in [0.5, 0.6) is 0 Å². The number of pyridine rings is 1. The average Bonchev–Trinajstić information content (AvgIpc) is 3.60. The molecule has 6 rings (SSSR count). The zero-order valence-corrected chi connectivity index (χ0v) is 33.5. The number of aromatic nitrogens is 3. The second kappa shape index (κ2) is 20.0. The predicted octanol–water partition coefficient (Wildman–Crippen LogP) is 2.84. The van der Waals surface area contributed by atoms with Crippen molar-refractivity contribution in [3.63, 3.8) is 0 Å². The maximum Gasteiger partial charge on any atom is 0.317 e. The van der Waals surface area contributed by atoms with Gasteiger partial charge >= 0.3 is 35.8 Å². The smallest absolute Gasteiger partial charge is 0.317 e. The topological polar surface area (TPSA) is 278 Å². The third kappa shape index (κ3) is 11.8. The lowest BCUT2D eigenvalue weighted by atomic mass is 9.77. The van der Waals surface area contributed by atoms with E-state index in [9.17, 15) is 59.4 Å². The maximum absolute atomic E-state index is 12.4. The molecule has 5 atom stereocenters. The molecule has 19 nitrogen and oxygen atoms in total. The predicted molar refractivity (Wildman–Crippen MR) is 218 cm³/mol. The van der Waals surface area contributed by atoms with Crippen LogP contribution >= 0.6 is 0 Å². The second-order valence-electron chi connectivity index (χ2n) is 16.0. The quantitative estimate of drug-likeness (QED) is 0.0635. The van der Waals surface area contributed by atoms with Crippen molar-refractivity contribution in [1.82, 2.24) is 34.6 Å². The summed E-state index contributed by atoms with van der Waals surface area (Å²) in [4.78, 5) is 90.9. The van der Waals surface area contributed by atoms with E-state index >= 15 is 0 Å². The maximum atomic E-state index is 12.4. The van der Waals surface area contributed by atoms with Gasteiger partial charge in [-0.25, -0.2) is 4.98 Å². The first kappa shape index (κ1) is 44.5. The number of hydrogen-bond donors (Lipinski definition) is 7. The Morgan fingerprint density at radius 3 is 1.66 bits per heavy atom. The van der Waals surface area contributed by atoms with E-state index in [-0.39, 0.29) is 25.6 Å². The van der Waals surface area contributed by atoms with Gasteiger partial charge in [-0.1, -0.05) is 43.2 Å². The number of nitrogens with one attached hydrogen (secondary N) is 1. The standard InChI is InChI=1S/C42H51N7O12/c50-37(51)19-46(17-29-13-25-5-1-2-6-28(25)16-43-29)35-15-27(10-12-34(35)49(23-41(58)59)24-42(60)61)26-9-11-30-31(14-26)45-36(44-30)18-47(20-38(52)53)32-7-3-4-8-33(32)48(21-39(54)55)22-40(56)57/h1-2,5-6,9,11,13-14,16,27,32-35H,3-4,7-8,10,12,15,17-24H2,(H,44,45)(H,50,51)(H,52,53)(H,54,55)(H,56,57)(H,58,59)(H,60,61)/t27?,32-,33?,34?,35-/m0/s1. The summed E-state index contributed by atoms with van der Waals surface area (Å²) < 4.78 is 0. The Labute approximate surface area is 350 Å². The molecule has 0 bridgehead atoms. The third-order valence-electron chi connectivity index (χ3n) is 11.8. The number of carbonyl (C=O) groups is 6. The van der Waals surface area contributed by atoms with Crippen molar-refractivity contribution >= 4 is 57.6 Å². The minimum Gasteiger partial charge on any atom is -0.480 e. The lowest BCUT2D eigenvalue weighted by Gasteiger charge is -2.46. The van der Waals surface area contributed by atoms with Crippen LogP contribution in [0.4, 0.5) is 0 Å². The molecule has 0 amide bonds. The summed E-state index contributed by atoms with van der Waals surface area (Å²) in [5, 5.41) is 60.6. The van der Waals surface area contributed by atoms with Crippen molar-refractivity contribution in [1.29, 1.82) is 0 Å². The van der Waals surface area contributed by atoms with Gasteiger partial charge in [0.05, 0.1) is 62.5 Å². The number of fused-ring (bicyclic) bond motifs is 2. The van der Waals surface area contributed by atoms with Gasteiger partial charge in [0, 0.05) is 42.3 Å². The first-order valence-electron chi connectivity index (χ1n) is 20.2. The number of benzene rings is 2. The van der Waals surface area contributed by atoms with Gasteiger partial charge in [0.2, 0.25) is 0 Å². The molecule has 2 heterocycles. The molecule has 4 aromatic rings. The molecule has 2 saturated carbocycles. The fourth-order valence-corrected chi connectivity index (χ4v) is 9.42. The van der Waals surface area contributed by atoms with Crippen LogP contribution in [0.1, 0.15) is 67.9 Å². The molecule has 3 unspecified atom stereocenters. The van der Waals surface area contributed by atoms with Crippen molar-refractivity contribution in [2.24, 2.45) is 0 Å². The molecular formula is C42H51N7O12. The van der Waals surface area contributed by atoms with E-state index in [0.29, 0.717) is 54.7 Å². The van der Waals surface area contributed by atoms with Crippen LogP contribution in [0.3, 0.4) is 0 Å². The Bertz CT molecular complexity index is 2220. The zero-order valence-electron chi connectivity index (χ0n) is 33.5. The number of rotatable bonds is 21. The SMILES string of the molecule is O=C(O)CN(CC(=O)O)C1CCC(c2ccc3[nH]c(CN(CC(=O)O)[C@H]4CCCCC4N(CC(=O)O)CC(=O)O)nc3c2)C[C@@H]1N(CC(=O)O)Cc1cc2ccccc2cn1. The largest absolute Gasteiger partial charge is 0.480 e. The molecule has 7 N–H and O–H groups in total. The summed E-state index contributed by atoms with van der Waals surface area (Å²) >= 11 is 0. The van der Waals surface area contributed by atoms with E-state index in [4.69, 9.17) is 4.98 Å². The molecule has 61 heavy (non-hydrogen) atoms. The fourth-order valence-electron chi connectivity index (χ4n) is 9.42. The zero-order chi connectivity index (χ0) is 43.8. The van der Waals surface area contributed by atoms with Gasteiger partial charge in [0.15, 0.2) is 0 Å². The summed E-state index contributed by atoms with van der Waals surface area (Å²) in [6, 6.07) is 13.0. The number of hydrogen-bond acceptors (Lipinski definition) is 12. The monoisotopic (exact) mass is 845 g/mol. The molecule has 2 aliphatic rings. The summed E-state index contributed by atoms with van der Waals surface area (Å²) in [5.41, 5.74) is 2.73. The van der Waals surface area contributed by atoms with Crippen LogP contribution in [0.25, 0.3) is 21.8 Å². The van der Waals surface area contributed by atoms with Crippen molar-refractivity contribution < 1.29 is 59.4 Å². The van der Waals surface area contributed by atoms with E-state index in [2.05, 4.69) is 9.97 Å². The summed E-state index contributed by atoms with van der Waals surface area (Å²) in [5.74, 6) is -6.70. The number of imidazole rings is 1. The minimum absolute atomic E-state index is 0.0641. The summed E-state index contributed by atoms with van der Waals surface area (Å²) in [6.45, 7) is -2.72. The molecule has 0 radical (unpaired) electrons. The molecule has 19 heteroatoms. The van der Waals surface area contributed by atoms with Gasteiger partial charge in [-0.3, -0.25) is 53.4 Å². The number of aromatic amines is 1. The highest BCUT2D eigenvalue weighted by molar-refractivity contribution is 5.82. The van der Waals surface area contributed by atoms with Crippen LogP contribution in [-0.2, 0) is 41.9 Å². The van der Waals surface area contributed by atoms with Crippen molar-refractivity contribution in [2.45, 2.75) is 88.1 Å². The Morgan fingerprint density at radius 1 is 0.574 bits per heavy atom. The fraction of sp³-hybridized carbons (Fsp3) is 0.476. The van der Waals surface area contributed by atoms with Crippen LogP contribution < -0.4 is 0 Å². The molecule has 2 aromatic carbocycles. The Hall–Kier alpha value is -6.02. The van der Waals surface area contributed by atoms with Crippen molar-refractivity contribution in [3.8, 4) is 0 Å². The molecule has 0 saturated heterocycles. The highest BCUT2D eigenvalue weighted by Crippen LogP contribution is 2.39. The summed E-state index contributed by atoms with van der Waals surface area (Å²) in [7, 11) is 0. The number of carboxylic acid groups (broad SMARTS) is 6. The molecule has 2 aliphatic carbocycles. The van der Waals surface area contributed by atoms with Gasteiger partial charge in [-0.2, -0.15) is 0 Å². The van der Waals surface area contributed by atoms with Gasteiger partial charge < -0.3 is 35.6 Å². The number of nitrogens with zero attached hydrogens (tertiary/aromatic N) is 6. The van der Waals surface area contributed by atoms with Crippen LogP contribution in [-0.4, -0.2) is 164 Å². The molecule has 0 spiro atoms. The third-order valence-corrected chi connectivity index (χ3v) is 11.8. The second-order valence-corrected chi connectivity index (χ2v) is 16.0. The lowest BCUT2D eigenvalue weighted by Crippen LogP contribution is -2.57. The van der Waals surface area contributed by atoms with Gasteiger partial charge in [0.25, 0.3) is 0 Å². The Morgan fingerprint density at radius 2 is 1.08 bits per heavy atom. The lowest BCUT2D eigenvalue weighted by molar-refractivity contribution is -0.147. The van der Waals surface area contributed by atoms with Crippen LogP contribution in [0.15, 0.2) is 54.7 Å². The number of aliphatic carboxylic acids is 6. The van der Waals surface area contributed by atoms with E-state index < -0.39 is 92.7 Å².